The second-order valence-electron chi connectivity index (χ2n) is 13.9. The molecule has 5 fully saturated rings. The second-order valence-corrected chi connectivity index (χ2v) is 13.9. The molecule has 196 valence electrons. The van der Waals surface area contributed by atoms with Crippen LogP contribution in [0.2, 0.25) is 0 Å². The Balaban J connectivity index is 1.47. The number of hydrogen-bond acceptors (Lipinski definition) is 6. The number of hydrogen-bond donors (Lipinski definition) is 2. The van der Waals surface area contributed by atoms with Crippen molar-refractivity contribution in [1.82, 2.24) is 0 Å². The van der Waals surface area contributed by atoms with Gasteiger partial charge < -0.3 is 19.7 Å². The first-order valence-electron chi connectivity index (χ1n) is 14.1. The summed E-state index contributed by atoms with van der Waals surface area (Å²) < 4.78 is 12.4. The highest BCUT2D eigenvalue weighted by Gasteiger charge is 2.78. The first kappa shape index (κ1) is 23.5. The van der Waals surface area contributed by atoms with E-state index in [-0.39, 0.29) is 77.4 Å². The highest BCUT2D eigenvalue weighted by molar-refractivity contribution is 5.76. The third kappa shape index (κ3) is 2.43. The molecule has 2 heterocycles. The van der Waals surface area contributed by atoms with Gasteiger partial charge in [-0.25, -0.2) is 0 Å². The van der Waals surface area contributed by atoms with Crippen LogP contribution in [0.1, 0.15) is 67.2 Å². The molecule has 14 atom stereocenters. The van der Waals surface area contributed by atoms with Gasteiger partial charge in [0.1, 0.15) is 12.2 Å². The average Bonchev–Trinajstić information content (AvgIpc) is 3.49. The smallest absolute Gasteiger partial charge is 0.309 e. The van der Waals surface area contributed by atoms with E-state index in [1.54, 1.807) is 0 Å². The zero-order valence-corrected chi connectivity index (χ0v) is 22.3. The van der Waals surface area contributed by atoms with E-state index in [0.29, 0.717) is 12.8 Å². The number of ether oxygens (including phenoxy) is 2. The summed E-state index contributed by atoms with van der Waals surface area (Å²) in [6.45, 7) is 12.2. The zero-order chi connectivity index (χ0) is 25.7. The van der Waals surface area contributed by atoms with Crippen LogP contribution in [-0.2, 0) is 19.1 Å². The lowest BCUT2D eigenvalue weighted by molar-refractivity contribution is -0.153. The summed E-state index contributed by atoms with van der Waals surface area (Å²) >= 11 is 0. The maximum Gasteiger partial charge on any atom is 0.309 e. The Bertz CT molecular complexity index is 1130. The maximum atomic E-state index is 13.0. The van der Waals surface area contributed by atoms with Gasteiger partial charge in [0.15, 0.2) is 0 Å². The standard InChI is InChI=1S/C30H40O6/c1-12-11-18-20-21(30(12)24(18)29(6,34)10-8-17-14(3)27(32)36-25(17)30)15(4)19-22(20)28(5,33)9-7-16-13(2)26(31)35-23(16)19/h11,13-14,16-18,20-25,33-34H,7-10H2,1-6H3/t13-,14-,16-,17-,18+,20-,21-,22-,23-,24+,25-,28-,29-,30+/m0/s1. The lowest BCUT2D eigenvalue weighted by Crippen LogP contribution is -2.51. The molecule has 0 unspecified atom stereocenters. The highest BCUT2D eigenvalue weighted by atomic mass is 16.6. The molecule has 2 bridgehead atoms. The number of fused-ring (bicyclic) bond motifs is 7. The van der Waals surface area contributed by atoms with Gasteiger partial charge >= 0.3 is 11.9 Å². The maximum absolute atomic E-state index is 13.0. The van der Waals surface area contributed by atoms with E-state index in [4.69, 9.17) is 9.47 Å². The van der Waals surface area contributed by atoms with Gasteiger partial charge in [-0.1, -0.05) is 31.1 Å². The molecular weight excluding hydrogens is 456 g/mol. The molecule has 0 aromatic rings. The third-order valence-corrected chi connectivity index (χ3v) is 12.4. The van der Waals surface area contributed by atoms with Gasteiger partial charge in [0.25, 0.3) is 0 Å². The average molecular weight is 497 g/mol. The van der Waals surface area contributed by atoms with Gasteiger partial charge in [-0.2, -0.15) is 0 Å². The van der Waals surface area contributed by atoms with Crippen LogP contribution >= 0.6 is 0 Å². The Labute approximate surface area is 213 Å². The van der Waals surface area contributed by atoms with Crippen LogP contribution in [-0.4, -0.2) is 45.6 Å². The van der Waals surface area contributed by atoms with Crippen molar-refractivity contribution in [2.75, 3.05) is 0 Å². The van der Waals surface area contributed by atoms with Gasteiger partial charge in [-0.05, 0) is 76.7 Å². The van der Waals surface area contributed by atoms with Crippen molar-refractivity contribution in [2.45, 2.75) is 90.6 Å². The fourth-order valence-corrected chi connectivity index (χ4v) is 11.0. The van der Waals surface area contributed by atoms with Gasteiger partial charge in [-0.15, -0.1) is 0 Å². The van der Waals surface area contributed by atoms with Crippen LogP contribution in [0.3, 0.4) is 0 Å². The first-order valence-corrected chi connectivity index (χ1v) is 14.1. The normalized spacial score (nSPS) is 58.8. The number of aliphatic hydroxyl groups is 2. The van der Waals surface area contributed by atoms with Gasteiger partial charge in [0, 0.05) is 29.1 Å². The van der Waals surface area contributed by atoms with E-state index in [9.17, 15) is 19.8 Å². The predicted octanol–water partition coefficient (Wildman–Crippen LogP) is 3.80. The van der Waals surface area contributed by atoms with Crippen molar-refractivity contribution in [3.63, 3.8) is 0 Å². The predicted molar refractivity (Wildman–Crippen MR) is 131 cm³/mol. The molecule has 2 saturated heterocycles. The van der Waals surface area contributed by atoms with Crippen LogP contribution in [0.25, 0.3) is 0 Å². The Hall–Kier alpha value is -1.66. The molecule has 6 heteroatoms. The summed E-state index contributed by atoms with van der Waals surface area (Å²) in [5.74, 6) is -0.460. The molecule has 0 radical (unpaired) electrons. The molecule has 0 aromatic carbocycles. The molecule has 3 saturated carbocycles. The van der Waals surface area contributed by atoms with Crippen molar-refractivity contribution in [1.29, 1.82) is 0 Å². The van der Waals surface area contributed by atoms with Crippen LogP contribution in [0, 0.1) is 58.7 Å². The number of esters is 2. The minimum absolute atomic E-state index is 0.0486. The minimum atomic E-state index is -0.931. The van der Waals surface area contributed by atoms with Crippen LogP contribution in [0.5, 0.6) is 0 Å². The first-order chi connectivity index (χ1) is 16.8. The topological polar surface area (TPSA) is 93.1 Å². The van der Waals surface area contributed by atoms with E-state index in [1.165, 1.54) is 11.1 Å². The summed E-state index contributed by atoms with van der Waals surface area (Å²) in [7, 11) is 0. The Morgan fingerprint density at radius 3 is 2.22 bits per heavy atom. The Morgan fingerprint density at radius 1 is 0.889 bits per heavy atom. The van der Waals surface area contributed by atoms with Gasteiger partial charge in [0.05, 0.1) is 23.0 Å². The molecule has 0 aromatic heterocycles. The SMILES string of the molecule is CC1=C[C@@H]2[C@H]3[C@H](C(C)=C4[C@H]5OC(=O)[C@@H](C)[C@@H]5CC[C@](C)(O)[C@@H]43)[C@]13[C@H]1OC(=O)[C@@H](C)[C@@H]1CC[C@](C)(O)[C@@H]23. The molecule has 2 aliphatic heterocycles. The van der Waals surface area contributed by atoms with Crippen molar-refractivity contribution in [3.8, 4) is 0 Å². The van der Waals surface area contributed by atoms with Crippen molar-refractivity contribution in [3.05, 3.63) is 22.8 Å². The summed E-state index contributed by atoms with van der Waals surface area (Å²) in [5, 5.41) is 24.1. The van der Waals surface area contributed by atoms with Crippen molar-refractivity contribution in [2.24, 2.45) is 58.7 Å². The number of rotatable bonds is 0. The number of carbonyl (C=O) groups excluding carboxylic acids is 2. The minimum Gasteiger partial charge on any atom is -0.461 e. The fraction of sp³-hybridized carbons (Fsp3) is 0.800. The molecule has 0 amide bonds. The van der Waals surface area contributed by atoms with E-state index in [0.717, 1.165) is 18.4 Å². The quantitative estimate of drug-likeness (QED) is 0.391. The molecule has 6 nitrogen and oxygen atoms in total. The monoisotopic (exact) mass is 496 g/mol. The van der Waals surface area contributed by atoms with Gasteiger partial charge in [0.2, 0.25) is 0 Å². The van der Waals surface area contributed by atoms with E-state index < -0.39 is 16.6 Å². The lowest BCUT2D eigenvalue weighted by Gasteiger charge is -2.47. The van der Waals surface area contributed by atoms with Crippen LogP contribution in [0.4, 0.5) is 0 Å². The molecule has 0 spiro atoms. The molecule has 2 N–H and O–H groups in total. The van der Waals surface area contributed by atoms with Crippen molar-refractivity contribution < 1.29 is 29.3 Å². The van der Waals surface area contributed by atoms with Crippen LogP contribution < -0.4 is 0 Å². The van der Waals surface area contributed by atoms with E-state index in [2.05, 4.69) is 19.9 Å². The molecule has 7 aliphatic rings. The molecular formula is C30H40O6. The largest absolute Gasteiger partial charge is 0.461 e. The second kappa shape index (κ2) is 6.85. The summed E-state index contributed by atoms with van der Waals surface area (Å²) in [4.78, 5) is 25.7. The fourth-order valence-electron chi connectivity index (χ4n) is 11.0. The van der Waals surface area contributed by atoms with Crippen molar-refractivity contribution >= 4 is 11.9 Å². The summed E-state index contributed by atoms with van der Waals surface area (Å²) in [5.41, 5.74) is 1.23. The number of carbonyl (C=O) groups is 2. The Kier molecular flexibility index (Phi) is 4.46. The van der Waals surface area contributed by atoms with E-state index in [1.807, 2.05) is 27.7 Å². The molecule has 36 heavy (non-hydrogen) atoms. The van der Waals surface area contributed by atoms with E-state index >= 15 is 0 Å². The van der Waals surface area contributed by atoms with Crippen LogP contribution in [0.15, 0.2) is 22.8 Å². The zero-order valence-electron chi connectivity index (χ0n) is 22.3. The highest BCUT2D eigenvalue weighted by Crippen LogP contribution is 2.78. The van der Waals surface area contributed by atoms with Gasteiger partial charge in [-0.3, -0.25) is 9.59 Å². The summed E-state index contributed by atoms with van der Waals surface area (Å²) in [6.07, 6.45) is 4.59. The summed E-state index contributed by atoms with van der Waals surface area (Å²) in [6, 6.07) is 0. The number of allylic oxidation sites excluding steroid dienone is 2. The third-order valence-electron chi connectivity index (χ3n) is 12.4. The molecule has 5 aliphatic carbocycles. The molecule has 7 rings (SSSR count). The lowest BCUT2D eigenvalue weighted by atomic mass is 9.58. The Morgan fingerprint density at radius 2 is 1.50 bits per heavy atom.